The Morgan fingerprint density at radius 3 is 2.69 bits per heavy atom. The average molecular weight is 349 g/mol. The highest BCUT2D eigenvalue weighted by Gasteiger charge is 2.31. The van der Waals surface area contributed by atoms with Crippen LogP contribution in [0.4, 0.5) is 5.95 Å². The standard InChI is InChI=1S/C19H19N5O2/c1-2-5-15(6-3-1)24-19(20-21-22-24)23-10-4-7-16(23)14-8-9-17-18(13-14)26-12-11-25-17/h1-3,5-6,8-9,13,16H,4,7,10-12H2/t16-/m0/s1. The quantitative estimate of drug-likeness (QED) is 0.724. The van der Waals surface area contributed by atoms with Crippen molar-refractivity contribution in [3.63, 3.8) is 0 Å². The van der Waals surface area contributed by atoms with E-state index in [2.05, 4.69) is 32.6 Å². The lowest BCUT2D eigenvalue weighted by Gasteiger charge is -2.27. The van der Waals surface area contributed by atoms with Crippen molar-refractivity contribution in [2.24, 2.45) is 0 Å². The zero-order chi connectivity index (χ0) is 17.3. The Hall–Kier alpha value is -3.09. The van der Waals surface area contributed by atoms with Gasteiger partial charge in [-0.05, 0) is 53.1 Å². The largest absolute Gasteiger partial charge is 0.486 e. The maximum absolute atomic E-state index is 5.75. The topological polar surface area (TPSA) is 65.3 Å². The molecule has 1 saturated heterocycles. The van der Waals surface area contributed by atoms with E-state index >= 15 is 0 Å². The van der Waals surface area contributed by atoms with Crippen molar-refractivity contribution in [2.45, 2.75) is 18.9 Å². The molecule has 7 heteroatoms. The molecule has 1 aromatic heterocycles. The van der Waals surface area contributed by atoms with E-state index in [1.165, 1.54) is 5.56 Å². The summed E-state index contributed by atoms with van der Waals surface area (Å²) < 4.78 is 13.2. The van der Waals surface area contributed by atoms with E-state index in [1.807, 2.05) is 36.4 Å². The zero-order valence-corrected chi connectivity index (χ0v) is 14.3. The van der Waals surface area contributed by atoms with Gasteiger partial charge in [-0.3, -0.25) is 0 Å². The summed E-state index contributed by atoms with van der Waals surface area (Å²) in [6.07, 6.45) is 2.15. The van der Waals surface area contributed by atoms with Crippen LogP contribution in [0.25, 0.3) is 5.69 Å². The Balaban J connectivity index is 1.50. The van der Waals surface area contributed by atoms with Crippen LogP contribution in [0.1, 0.15) is 24.4 Å². The van der Waals surface area contributed by atoms with Crippen molar-refractivity contribution < 1.29 is 9.47 Å². The van der Waals surface area contributed by atoms with Crippen molar-refractivity contribution in [3.8, 4) is 17.2 Å². The van der Waals surface area contributed by atoms with Crippen LogP contribution < -0.4 is 14.4 Å². The molecular formula is C19H19N5O2. The van der Waals surface area contributed by atoms with Gasteiger partial charge in [-0.1, -0.05) is 29.4 Å². The zero-order valence-electron chi connectivity index (χ0n) is 14.3. The summed E-state index contributed by atoms with van der Waals surface area (Å²) in [6.45, 7) is 2.12. The van der Waals surface area contributed by atoms with Crippen LogP contribution in [0.5, 0.6) is 11.5 Å². The molecule has 2 aliphatic heterocycles. The third-order valence-electron chi connectivity index (χ3n) is 4.91. The number of tetrazole rings is 1. The van der Waals surface area contributed by atoms with Crippen LogP contribution in [0.3, 0.4) is 0 Å². The molecule has 1 atom stereocenters. The van der Waals surface area contributed by atoms with Crippen LogP contribution in [0.2, 0.25) is 0 Å². The normalized spacial score (nSPS) is 18.9. The molecule has 2 aliphatic rings. The van der Waals surface area contributed by atoms with Crippen LogP contribution in [0.15, 0.2) is 48.5 Å². The second-order valence-corrected chi connectivity index (χ2v) is 6.48. The van der Waals surface area contributed by atoms with Crippen molar-refractivity contribution >= 4 is 5.95 Å². The van der Waals surface area contributed by atoms with Gasteiger partial charge in [0.25, 0.3) is 5.95 Å². The molecule has 0 spiro atoms. The maximum Gasteiger partial charge on any atom is 0.250 e. The van der Waals surface area contributed by atoms with E-state index in [0.29, 0.717) is 13.2 Å². The van der Waals surface area contributed by atoms with Crippen molar-refractivity contribution in [2.75, 3.05) is 24.7 Å². The molecule has 1 fully saturated rings. The van der Waals surface area contributed by atoms with Gasteiger partial charge in [0, 0.05) is 6.54 Å². The van der Waals surface area contributed by atoms with E-state index in [1.54, 1.807) is 4.68 Å². The predicted molar refractivity (Wildman–Crippen MR) is 95.9 cm³/mol. The summed E-state index contributed by atoms with van der Waals surface area (Å²) in [4.78, 5) is 2.28. The molecule has 0 unspecified atom stereocenters. The van der Waals surface area contributed by atoms with E-state index in [-0.39, 0.29) is 6.04 Å². The van der Waals surface area contributed by atoms with Crippen molar-refractivity contribution in [1.29, 1.82) is 0 Å². The highest BCUT2D eigenvalue weighted by Crippen LogP contribution is 2.39. The lowest BCUT2D eigenvalue weighted by Crippen LogP contribution is -2.26. The number of para-hydroxylation sites is 1. The predicted octanol–water partition coefficient (Wildman–Crippen LogP) is 2.78. The number of fused-ring (bicyclic) bond motifs is 1. The third kappa shape index (κ3) is 2.56. The Morgan fingerprint density at radius 1 is 0.962 bits per heavy atom. The second-order valence-electron chi connectivity index (χ2n) is 6.48. The molecule has 2 aromatic carbocycles. The summed E-state index contributed by atoms with van der Waals surface area (Å²) in [5.41, 5.74) is 2.16. The summed E-state index contributed by atoms with van der Waals surface area (Å²) >= 11 is 0. The van der Waals surface area contributed by atoms with Gasteiger partial charge in [-0.25, -0.2) is 0 Å². The molecule has 132 valence electrons. The van der Waals surface area contributed by atoms with Crippen LogP contribution in [-0.4, -0.2) is 40.0 Å². The minimum atomic E-state index is 0.222. The smallest absolute Gasteiger partial charge is 0.250 e. The summed E-state index contributed by atoms with van der Waals surface area (Å²) in [5, 5.41) is 12.4. The van der Waals surface area contributed by atoms with E-state index < -0.39 is 0 Å². The lowest BCUT2D eigenvalue weighted by molar-refractivity contribution is 0.171. The molecule has 3 heterocycles. The number of hydrogen-bond acceptors (Lipinski definition) is 6. The summed E-state index contributed by atoms with van der Waals surface area (Å²) in [5.74, 6) is 2.41. The van der Waals surface area contributed by atoms with Gasteiger partial charge in [0.1, 0.15) is 13.2 Å². The van der Waals surface area contributed by atoms with Gasteiger partial charge >= 0.3 is 0 Å². The number of anilines is 1. The first-order valence-electron chi connectivity index (χ1n) is 8.90. The van der Waals surface area contributed by atoms with Crippen LogP contribution in [0, 0.1) is 0 Å². The first-order valence-corrected chi connectivity index (χ1v) is 8.90. The van der Waals surface area contributed by atoms with Gasteiger partial charge in [-0.15, -0.1) is 0 Å². The van der Waals surface area contributed by atoms with Gasteiger partial charge in [0.2, 0.25) is 0 Å². The number of hydrogen-bond donors (Lipinski definition) is 0. The molecule has 0 amide bonds. The van der Waals surface area contributed by atoms with E-state index in [9.17, 15) is 0 Å². The number of benzene rings is 2. The van der Waals surface area contributed by atoms with Gasteiger partial charge in [0.15, 0.2) is 11.5 Å². The SMILES string of the molecule is c1ccc(-n2nnnc2N2CCC[C@H]2c2ccc3c(c2)OCCO3)cc1. The van der Waals surface area contributed by atoms with Crippen molar-refractivity contribution in [3.05, 3.63) is 54.1 Å². The number of ether oxygens (including phenoxy) is 2. The molecular weight excluding hydrogens is 330 g/mol. The average Bonchev–Trinajstić information content (AvgIpc) is 3.37. The highest BCUT2D eigenvalue weighted by atomic mass is 16.6. The van der Waals surface area contributed by atoms with Gasteiger partial charge < -0.3 is 14.4 Å². The molecule has 0 saturated carbocycles. The van der Waals surface area contributed by atoms with Crippen LogP contribution in [-0.2, 0) is 0 Å². The molecule has 5 rings (SSSR count). The molecule has 3 aromatic rings. The maximum atomic E-state index is 5.75. The monoisotopic (exact) mass is 349 g/mol. The van der Waals surface area contributed by atoms with Crippen LogP contribution >= 0.6 is 0 Å². The van der Waals surface area contributed by atoms with E-state index in [4.69, 9.17) is 9.47 Å². The van der Waals surface area contributed by atoms with E-state index in [0.717, 1.165) is 42.5 Å². The molecule has 0 N–H and O–H groups in total. The molecule has 0 aliphatic carbocycles. The molecule has 7 nitrogen and oxygen atoms in total. The fraction of sp³-hybridized carbons (Fsp3) is 0.316. The highest BCUT2D eigenvalue weighted by molar-refractivity contribution is 5.49. The molecule has 26 heavy (non-hydrogen) atoms. The summed E-state index contributed by atoms with van der Waals surface area (Å²) in [7, 11) is 0. The lowest BCUT2D eigenvalue weighted by atomic mass is 10.0. The fourth-order valence-electron chi connectivity index (χ4n) is 3.72. The summed E-state index contributed by atoms with van der Waals surface area (Å²) in [6, 6.07) is 16.4. The fourth-order valence-corrected chi connectivity index (χ4v) is 3.72. The molecule has 0 bridgehead atoms. The number of aromatic nitrogens is 4. The first kappa shape index (κ1) is 15.2. The Bertz CT molecular complexity index is 911. The van der Waals surface area contributed by atoms with Gasteiger partial charge in [0.05, 0.1) is 11.7 Å². The third-order valence-corrected chi connectivity index (χ3v) is 4.91. The Morgan fingerprint density at radius 2 is 1.81 bits per heavy atom. The Kier molecular flexibility index (Phi) is 3.70. The first-order chi connectivity index (χ1) is 12.9. The minimum absolute atomic E-state index is 0.222. The van der Waals surface area contributed by atoms with Crippen molar-refractivity contribution in [1.82, 2.24) is 20.2 Å². The Labute approximate surface area is 151 Å². The minimum Gasteiger partial charge on any atom is -0.486 e. The molecule has 0 radical (unpaired) electrons. The van der Waals surface area contributed by atoms with Gasteiger partial charge in [-0.2, -0.15) is 4.68 Å². The second kappa shape index (κ2) is 6.33. The number of rotatable bonds is 3. The number of nitrogens with zero attached hydrogens (tertiary/aromatic N) is 5.